The molecular formula is C19H20N2O7. The number of carbonyl (C=O) groups is 3. The van der Waals surface area contributed by atoms with Crippen molar-refractivity contribution < 1.29 is 33.3 Å². The fraction of sp³-hybridized carbons (Fsp3) is 0.211. The minimum absolute atomic E-state index is 0.194. The molecular weight excluding hydrogens is 368 g/mol. The molecule has 0 atom stereocenters. The van der Waals surface area contributed by atoms with Crippen LogP contribution in [0.25, 0.3) is 0 Å². The molecule has 148 valence electrons. The molecule has 28 heavy (non-hydrogen) atoms. The van der Waals surface area contributed by atoms with Crippen LogP contribution in [0.2, 0.25) is 0 Å². The number of hydrazine groups is 1. The van der Waals surface area contributed by atoms with E-state index < -0.39 is 17.8 Å². The Labute approximate surface area is 161 Å². The average Bonchev–Trinajstić information content (AvgIpc) is 2.70. The van der Waals surface area contributed by atoms with Crippen molar-refractivity contribution in [1.29, 1.82) is 0 Å². The highest BCUT2D eigenvalue weighted by molar-refractivity contribution is 5.99. The lowest BCUT2D eigenvalue weighted by molar-refractivity contribution is -0.131. The Morgan fingerprint density at radius 3 is 1.68 bits per heavy atom. The van der Waals surface area contributed by atoms with Gasteiger partial charge in [0, 0.05) is 18.1 Å². The van der Waals surface area contributed by atoms with Crippen molar-refractivity contribution >= 4 is 17.8 Å². The van der Waals surface area contributed by atoms with Gasteiger partial charge in [0.05, 0.1) is 21.3 Å². The maximum Gasteiger partial charge on any atom is 0.308 e. The van der Waals surface area contributed by atoms with Gasteiger partial charge < -0.3 is 18.9 Å². The normalized spacial score (nSPS) is 9.86. The number of hydrogen-bond acceptors (Lipinski definition) is 7. The lowest BCUT2D eigenvalue weighted by Gasteiger charge is -2.14. The molecule has 0 aliphatic carbocycles. The fourth-order valence-electron chi connectivity index (χ4n) is 2.31. The van der Waals surface area contributed by atoms with Gasteiger partial charge in [-0.1, -0.05) is 0 Å². The van der Waals surface area contributed by atoms with E-state index in [1.165, 1.54) is 64.7 Å². The molecule has 0 radical (unpaired) electrons. The second kappa shape index (κ2) is 9.26. The number of nitrogens with one attached hydrogen (secondary N) is 2. The second-order valence-electron chi connectivity index (χ2n) is 5.44. The molecule has 0 saturated heterocycles. The highest BCUT2D eigenvalue weighted by Gasteiger charge is 2.17. The lowest BCUT2D eigenvalue weighted by Crippen LogP contribution is -2.41. The predicted molar refractivity (Wildman–Crippen MR) is 98.8 cm³/mol. The number of amides is 2. The standard InChI is InChI=1S/C19H20N2O7/c1-11(22)28-14-7-5-12(6-8-14)18(23)20-21-19(24)13-9-15(25-2)17(27-4)16(10-13)26-3/h5-10H,1-4H3,(H,20,23)(H,21,24). The summed E-state index contributed by atoms with van der Waals surface area (Å²) in [7, 11) is 4.31. The van der Waals surface area contributed by atoms with E-state index in [1.807, 2.05) is 0 Å². The predicted octanol–water partition coefficient (Wildman–Crippen LogP) is 1.71. The summed E-state index contributed by atoms with van der Waals surface area (Å²) in [5.74, 6) is -0.322. The molecule has 9 nitrogen and oxygen atoms in total. The highest BCUT2D eigenvalue weighted by Crippen LogP contribution is 2.38. The summed E-state index contributed by atoms with van der Waals surface area (Å²) in [5, 5.41) is 0. The first-order chi connectivity index (χ1) is 13.4. The zero-order valence-corrected chi connectivity index (χ0v) is 15.8. The number of ether oxygens (including phenoxy) is 4. The van der Waals surface area contributed by atoms with Gasteiger partial charge in [-0.25, -0.2) is 0 Å². The topological polar surface area (TPSA) is 112 Å². The summed E-state index contributed by atoms with van der Waals surface area (Å²) in [4.78, 5) is 35.4. The summed E-state index contributed by atoms with van der Waals surface area (Å²) < 4.78 is 20.5. The quantitative estimate of drug-likeness (QED) is 0.440. The third kappa shape index (κ3) is 4.91. The van der Waals surface area contributed by atoms with Crippen molar-refractivity contribution in [2.75, 3.05) is 21.3 Å². The van der Waals surface area contributed by atoms with Gasteiger partial charge in [-0.3, -0.25) is 25.2 Å². The maximum absolute atomic E-state index is 12.4. The lowest BCUT2D eigenvalue weighted by atomic mass is 10.1. The van der Waals surface area contributed by atoms with Gasteiger partial charge in [0.1, 0.15) is 5.75 Å². The van der Waals surface area contributed by atoms with E-state index in [1.54, 1.807) is 0 Å². The fourth-order valence-corrected chi connectivity index (χ4v) is 2.31. The molecule has 0 aliphatic heterocycles. The SMILES string of the molecule is COc1cc(C(=O)NNC(=O)c2ccc(OC(C)=O)cc2)cc(OC)c1OC. The van der Waals surface area contributed by atoms with E-state index in [4.69, 9.17) is 18.9 Å². The van der Waals surface area contributed by atoms with Crippen LogP contribution in [0.4, 0.5) is 0 Å². The molecule has 2 N–H and O–H groups in total. The highest BCUT2D eigenvalue weighted by atomic mass is 16.5. The second-order valence-corrected chi connectivity index (χ2v) is 5.44. The van der Waals surface area contributed by atoms with Crippen molar-refractivity contribution in [2.45, 2.75) is 6.92 Å². The van der Waals surface area contributed by atoms with E-state index >= 15 is 0 Å². The molecule has 0 fully saturated rings. The Morgan fingerprint density at radius 1 is 0.750 bits per heavy atom. The molecule has 0 unspecified atom stereocenters. The molecule has 0 heterocycles. The van der Waals surface area contributed by atoms with Crippen molar-refractivity contribution in [3.63, 3.8) is 0 Å². The Bertz CT molecular complexity index is 853. The number of carbonyl (C=O) groups excluding carboxylic acids is 3. The van der Waals surface area contributed by atoms with Crippen LogP contribution in [-0.2, 0) is 4.79 Å². The van der Waals surface area contributed by atoms with Gasteiger partial charge in [-0.05, 0) is 36.4 Å². The zero-order chi connectivity index (χ0) is 20.7. The third-order valence-corrected chi connectivity index (χ3v) is 3.59. The maximum atomic E-state index is 12.4. The molecule has 2 aromatic carbocycles. The Hall–Kier alpha value is -3.75. The molecule has 0 spiro atoms. The van der Waals surface area contributed by atoms with E-state index in [9.17, 15) is 14.4 Å². The van der Waals surface area contributed by atoms with Crippen molar-refractivity contribution in [3.05, 3.63) is 47.5 Å². The third-order valence-electron chi connectivity index (χ3n) is 3.59. The zero-order valence-electron chi connectivity index (χ0n) is 15.8. The summed E-state index contributed by atoms with van der Waals surface area (Å²) in [5.41, 5.74) is 5.07. The largest absolute Gasteiger partial charge is 0.493 e. The Balaban J connectivity index is 2.07. The van der Waals surface area contributed by atoms with Crippen LogP contribution in [0.5, 0.6) is 23.0 Å². The molecule has 0 bridgehead atoms. The van der Waals surface area contributed by atoms with Crippen LogP contribution in [0.1, 0.15) is 27.6 Å². The van der Waals surface area contributed by atoms with Gasteiger partial charge in [-0.2, -0.15) is 0 Å². The first-order valence-electron chi connectivity index (χ1n) is 8.08. The van der Waals surface area contributed by atoms with Gasteiger partial charge in [-0.15, -0.1) is 0 Å². The van der Waals surface area contributed by atoms with Gasteiger partial charge in [0.2, 0.25) is 5.75 Å². The minimum Gasteiger partial charge on any atom is -0.493 e. The first kappa shape index (κ1) is 20.6. The molecule has 0 saturated carbocycles. The monoisotopic (exact) mass is 388 g/mol. The number of esters is 1. The van der Waals surface area contributed by atoms with E-state index in [0.717, 1.165) is 0 Å². The summed E-state index contributed by atoms with van der Waals surface area (Å²) in [6, 6.07) is 8.76. The number of hydrogen-bond donors (Lipinski definition) is 2. The van der Waals surface area contributed by atoms with Crippen LogP contribution in [0.15, 0.2) is 36.4 Å². The van der Waals surface area contributed by atoms with Crippen LogP contribution in [-0.4, -0.2) is 39.1 Å². The summed E-state index contributed by atoms with van der Waals surface area (Å²) >= 11 is 0. The van der Waals surface area contributed by atoms with E-state index in [-0.39, 0.29) is 11.1 Å². The number of benzene rings is 2. The van der Waals surface area contributed by atoms with Gasteiger partial charge in [0.25, 0.3) is 11.8 Å². The van der Waals surface area contributed by atoms with Crippen LogP contribution < -0.4 is 29.8 Å². The van der Waals surface area contributed by atoms with E-state index in [0.29, 0.717) is 23.0 Å². The molecule has 2 amide bonds. The molecule has 2 rings (SSSR count). The molecule has 0 aliphatic rings. The summed E-state index contributed by atoms with van der Waals surface area (Å²) in [6.45, 7) is 1.28. The van der Waals surface area contributed by atoms with Crippen LogP contribution in [0.3, 0.4) is 0 Å². The number of methoxy groups -OCH3 is 3. The molecule has 9 heteroatoms. The summed E-state index contributed by atoms with van der Waals surface area (Å²) in [6.07, 6.45) is 0. The molecule has 0 aromatic heterocycles. The number of rotatable bonds is 6. The van der Waals surface area contributed by atoms with Crippen molar-refractivity contribution in [1.82, 2.24) is 10.9 Å². The van der Waals surface area contributed by atoms with Gasteiger partial charge >= 0.3 is 5.97 Å². The average molecular weight is 388 g/mol. The van der Waals surface area contributed by atoms with Crippen LogP contribution in [0, 0.1) is 0 Å². The van der Waals surface area contributed by atoms with Gasteiger partial charge in [0.15, 0.2) is 11.5 Å². The minimum atomic E-state index is -0.580. The van der Waals surface area contributed by atoms with E-state index in [2.05, 4.69) is 10.9 Å². The Morgan fingerprint density at radius 2 is 1.25 bits per heavy atom. The Kier molecular flexibility index (Phi) is 6.80. The van der Waals surface area contributed by atoms with Crippen LogP contribution >= 0.6 is 0 Å². The smallest absolute Gasteiger partial charge is 0.308 e. The van der Waals surface area contributed by atoms with Crippen molar-refractivity contribution in [2.24, 2.45) is 0 Å². The first-order valence-corrected chi connectivity index (χ1v) is 8.08. The van der Waals surface area contributed by atoms with Crippen molar-refractivity contribution in [3.8, 4) is 23.0 Å². The molecule has 2 aromatic rings.